The van der Waals surface area contributed by atoms with Crippen molar-refractivity contribution in [3.63, 3.8) is 0 Å². The van der Waals surface area contributed by atoms with Crippen LogP contribution in [0.5, 0.6) is 0 Å². The first-order chi connectivity index (χ1) is 5.37. The van der Waals surface area contributed by atoms with Gasteiger partial charge >= 0.3 is 53.1 Å². The van der Waals surface area contributed by atoms with Crippen LogP contribution in [0.1, 0.15) is 0 Å². The molecule has 0 aromatic carbocycles. The van der Waals surface area contributed by atoms with Gasteiger partial charge in [-0.05, 0) is 0 Å². The third-order valence-corrected chi connectivity index (χ3v) is 6.57. The van der Waals surface area contributed by atoms with Crippen molar-refractivity contribution in [1.82, 2.24) is 0 Å². The predicted octanol–water partition coefficient (Wildman–Crippen LogP) is -2.72. The molecule has 0 radical (unpaired) electrons. The van der Waals surface area contributed by atoms with Gasteiger partial charge in [0.05, 0.1) is 0 Å². The molecule has 0 atom stereocenters. The van der Waals surface area contributed by atoms with Crippen LogP contribution in [0.4, 0.5) is 0 Å². The van der Waals surface area contributed by atoms with Gasteiger partial charge in [-0.2, -0.15) is 25.3 Å². The number of hydrogen-bond acceptors (Lipinski definition) is 6. The van der Waals surface area contributed by atoms with Crippen LogP contribution >= 0.6 is 0 Å². The first-order valence-electron chi connectivity index (χ1n) is 2.25. The minimum absolute atomic E-state index is 0. The fraction of sp³-hybridized carbons (Fsp3) is 1.00. The quantitative estimate of drug-likeness (QED) is 0.363. The molecule has 0 bridgehead atoms. The molecule has 0 aromatic heterocycles. The van der Waals surface area contributed by atoms with E-state index in [1.807, 2.05) is 0 Å². The summed E-state index contributed by atoms with van der Waals surface area (Å²) in [7, 11) is -17.0. The fourth-order valence-corrected chi connectivity index (χ4v) is 4.15. The number of rotatable bonds is 3. The van der Waals surface area contributed by atoms with E-state index in [4.69, 9.17) is 13.7 Å². The van der Waals surface area contributed by atoms with Crippen molar-refractivity contribution in [2.24, 2.45) is 0 Å². The van der Waals surface area contributed by atoms with Crippen LogP contribution in [0.15, 0.2) is 0 Å². The molecule has 0 saturated heterocycles. The van der Waals surface area contributed by atoms with Crippen molar-refractivity contribution in [3.8, 4) is 0 Å². The zero-order valence-corrected chi connectivity index (χ0v) is 8.04. The van der Waals surface area contributed by atoms with Gasteiger partial charge in [0.15, 0.2) is 0 Å². The molecule has 0 fully saturated rings. The first-order valence-corrected chi connectivity index (χ1v) is 6.76. The molecule has 9 nitrogen and oxygen atoms in total. The second kappa shape index (κ2) is 4.45. The molecule has 0 aromatic rings. The molecule has 0 heterocycles. The Labute approximate surface area is 91.9 Å². The second-order valence-electron chi connectivity index (χ2n) is 1.83. The molecular formula is CH5LiO9S3. The van der Waals surface area contributed by atoms with Crippen LogP contribution < -0.4 is 0 Å². The van der Waals surface area contributed by atoms with Crippen molar-refractivity contribution >= 4 is 49.2 Å². The summed E-state index contributed by atoms with van der Waals surface area (Å²) < 4.78 is 81.1. The monoisotopic (exact) mass is 264 g/mol. The topological polar surface area (TPSA) is 163 Å². The van der Waals surface area contributed by atoms with Gasteiger partial charge in [0.2, 0.25) is 0 Å². The van der Waals surface area contributed by atoms with Crippen LogP contribution in [-0.4, -0.2) is 61.7 Å². The summed E-state index contributed by atoms with van der Waals surface area (Å²) in [6, 6.07) is 0. The van der Waals surface area contributed by atoms with Crippen molar-refractivity contribution in [1.29, 1.82) is 0 Å². The Morgan fingerprint density at radius 2 is 0.786 bits per heavy atom. The summed E-state index contributed by atoms with van der Waals surface area (Å²) in [5.74, 6) is 0. The zero-order chi connectivity index (χ0) is 11.1. The maximum atomic E-state index is 10.1. The van der Waals surface area contributed by atoms with Crippen molar-refractivity contribution in [2.75, 3.05) is 0 Å². The van der Waals surface area contributed by atoms with Crippen LogP contribution in [-0.2, 0) is 30.4 Å². The van der Waals surface area contributed by atoms with Crippen molar-refractivity contribution in [2.45, 2.75) is 3.91 Å². The minimum atomic E-state index is -5.66. The molecule has 82 valence electrons. The molecule has 0 unspecified atom stereocenters. The molecule has 0 spiro atoms. The summed E-state index contributed by atoms with van der Waals surface area (Å²) in [5, 5.41) is 0. The average molecular weight is 264 g/mol. The SMILES string of the molecule is O=S(=O)(O)C(S(=O)(=O)O)S(=O)(=O)O.[LiH]. The average Bonchev–Trinajstić information content (AvgIpc) is 1.44. The first kappa shape index (κ1) is 16.7. The fourth-order valence-electron chi connectivity index (χ4n) is 0.461. The van der Waals surface area contributed by atoms with Gasteiger partial charge in [0.25, 0.3) is 0 Å². The van der Waals surface area contributed by atoms with Gasteiger partial charge < -0.3 is 0 Å². The summed E-state index contributed by atoms with van der Waals surface area (Å²) in [5.41, 5.74) is 0. The third kappa shape index (κ3) is 4.71. The Morgan fingerprint density at radius 1 is 0.643 bits per heavy atom. The molecule has 0 amide bonds. The number of hydrogen-bond donors (Lipinski definition) is 3. The summed E-state index contributed by atoms with van der Waals surface area (Å²) in [4.78, 5) is 0. The van der Waals surface area contributed by atoms with Crippen LogP contribution in [0.3, 0.4) is 0 Å². The molecule has 14 heavy (non-hydrogen) atoms. The molecule has 3 N–H and O–H groups in total. The van der Waals surface area contributed by atoms with E-state index in [2.05, 4.69) is 0 Å². The van der Waals surface area contributed by atoms with Gasteiger partial charge in [-0.15, -0.1) is 0 Å². The van der Waals surface area contributed by atoms with Gasteiger partial charge in [-0.25, -0.2) is 0 Å². The summed E-state index contributed by atoms with van der Waals surface area (Å²) >= 11 is 0. The standard InChI is InChI=1S/CH4O9S3.Li.H/c2-11(3,4)1(12(5,6)7)13(8,9)10;;/h1H,(H,2,3,4)(H,5,6,7)(H,8,9,10);;. The van der Waals surface area contributed by atoms with Crippen molar-refractivity contribution in [3.05, 3.63) is 0 Å². The van der Waals surface area contributed by atoms with E-state index < -0.39 is 34.3 Å². The van der Waals surface area contributed by atoms with Crippen LogP contribution in [0, 0.1) is 0 Å². The molecule has 0 aliphatic carbocycles. The van der Waals surface area contributed by atoms with E-state index in [1.165, 1.54) is 0 Å². The van der Waals surface area contributed by atoms with E-state index >= 15 is 0 Å². The van der Waals surface area contributed by atoms with Gasteiger partial charge in [-0.3, -0.25) is 13.7 Å². The molecule has 0 saturated carbocycles. The molecule has 0 aliphatic heterocycles. The summed E-state index contributed by atoms with van der Waals surface area (Å²) in [6.07, 6.45) is 0. The van der Waals surface area contributed by atoms with Crippen LogP contribution in [0.2, 0.25) is 0 Å². The second-order valence-corrected chi connectivity index (χ2v) is 7.23. The Hall–Kier alpha value is 0.327. The maximum absolute atomic E-state index is 10.1. The molecule has 13 heteroatoms. The van der Waals surface area contributed by atoms with E-state index in [-0.39, 0.29) is 18.9 Å². The molecular weight excluding hydrogens is 259 g/mol. The Morgan fingerprint density at radius 3 is 0.786 bits per heavy atom. The summed E-state index contributed by atoms with van der Waals surface area (Å²) in [6.45, 7) is 0. The van der Waals surface area contributed by atoms with Crippen molar-refractivity contribution < 1.29 is 38.9 Å². The van der Waals surface area contributed by atoms with E-state index in [9.17, 15) is 25.3 Å². The molecule has 0 rings (SSSR count). The van der Waals surface area contributed by atoms with Gasteiger partial charge in [0.1, 0.15) is 0 Å². The third-order valence-electron chi connectivity index (χ3n) is 0.730. The molecule has 0 aliphatic rings. The van der Waals surface area contributed by atoms with Gasteiger partial charge in [-0.1, -0.05) is 0 Å². The Kier molecular flexibility index (Phi) is 5.33. The van der Waals surface area contributed by atoms with E-state index in [0.29, 0.717) is 0 Å². The van der Waals surface area contributed by atoms with E-state index in [1.54, 1.807) is 0 Å². The Bertz CT molecular complexity index is 402. The van der Waals surface area contributed by atoms with Gasteiger partial charge in [0, 0.05) is 0 Å². The predicted molar refractivity (Wildman–Crippen MR) is 45.6 cm³/mol. The van der Waals surface area contributed by atoms with E-state index in [0.717, 1.165) is 0 Å². The van der Waals surface area contributed by atoms with Crippen LogP contribution in [0.25, 0.3) is 0 Å². The zero-order valence-electron chi connectivity index (χ0n) is 5.59. The Balaban J connectivity index is 0. The normalized spacial score (nSPS) is 13.7.